The van der Waals surface area contributed by atoms with E-state index in [1.54, 1.807) is 10.9 Å². The van der Waals surface area contributed by atoms with Crippen LogP contribution in [0.2, 0.25) is 0 Å². The Morgan fingerprint density at radius 2 is 1.82 bits per heavy atom. The minimum absolute atomic E-state index is 0.163. The molecule has 0 fully saturated rings. The normalized spacial score (nSPS) is 12.1. The van der Waals surface area contributed by atoms with E-state index < -0.39 is 10.0 Å². The van der Waals surface area contributed by atoms with Crippen LogP contribution in [0.5, 0.6) is 0 Å². The quantitative estimate of drug-likeness (QED) is 0.399. The molecule has 3 aromatic rings. The molecule has 0 atom stereocenters. The van der Waals surface area contributed by atoms with Crippen LogP contribution in [0.15, 0.2) is 41.9 Å². The van der Waals surface area contributed by atoms with E-state index in [1.165, 1.54) is 11.3 Å². The lowest BCUT2D eigenvalue weighted by Crippen LogP contribution is -2.40. The van der Waals surface area contributed by atoms with E-state index in [4.69, 9.17) is 9.72 Å². The average molecular weight is 491 g/mol. The van der Waals surface area contributed by atoms with Crippen LogP contribution in [0.3, 0.4) is 0 Å². The third-order valence-electron chi connectivity index (χ3n) is 4.33. The molecule has 8 heteroatoms. The second kappa shape index (κ2) is 11.8. The number of hydrogen-bond donors (Lipinski definition) is 1. The summed E-state index contributed by atoms with van der Waals surface area (Å²) < 4.78 is 7.52. The summed E-state index contributed by atoms with van der Waals surface area (Å²) in [4.78, 5) is 17.7. The van der Waals surface area contributed by atoms with E-state index in [0.29, 0.717) is 24.6 Å². The van der Waals surface area contributed by atoms with Crippen LogP contribution in [-0.4, -0.2) is 57.3 Å². The van der Waals surface area contributed by atoms with E-state index in [1.807, 2.05) is 70.3 Å². The molecule has 0 aliphatic carbocycles. The van der Waals surface area contributed by atoms with Crippen molar-refractivity contribution in [3.8, 4) is 22.0 Å². The Bertz CT molecular complexity index is 1020. The van der Waals surface area contributed by atoms with Gasteiger partial charge in [0.1, 0.15) is 17.4 Å². The third-order valence-corrected chi connectivity index (χ3v) is 6.58. The first kappa shape index (κ1) is 27.1. The van der Waals surface area contributed by atoms with Crippen molar-refractivity contribution in [2.24, 2.45) is 0 Å². The van der Waals surface area contributed by atoms with Crippen LogP contribution >= 0.6 is 21.4 Å². The molecule has 182 valence electrons. The molecule has 33 heavy (non-hydrogen) atoms. The van der Waals surface area contributed by atoms with E-state index in [9.17, 15) is 4.79 Å². The molecule has 0 saturated carbocycles. The fourth-order valence-corrected chi connectivity index (χ4v) is 4.25. The first-order chi connectivity index (χ1) is 15.5. The fourth-order valence-electron chi connectivity index (χ4n) is 2.81. The Kier molecular flexibility index (Phi) is 9.70. The predicted octanol–water partition coefficient (Wildman–Crippen LogP) is 5.90. The lowest BCUT2D eigenvalue weighted by Gasteiger charge is -2.24. The van der Waals surface area contributed by atoms with Crippen molar-refractivity contribution in [1.82, 2.24) is 20.1 Å². The highest BCUT2D eigenvalue weighted by atomic mass is 32.3. The van der Waals surface area contributed by atoms with Crippen molar-refractivity contribution < 1.29 is 9.53 Å². The van der Waals surface area contributed by atoms with Crippen LogP contribution < -0.4 is 5.32 Å². The lowest BCUT2D eigenvalue weighted by atomic mass is 10.1. The van der Waals surface area contributed by atoms with Gasteiger partial charge in [0.25, 0.3) is 5.91 Å². The van der Waals surface area contributed by atoms with Gasteiger partial charge in [0.15, 0.2) is 0 Å². The van der Waals surface area contributed by atoms with Crippen LogP contribution in [-0.2, 0) is 11.5 Å². The lowest BCUT2D eigenvalue weighted by molar-refractivity contribution is 0.0808. The molecule has 1 amide bonds. The molecule has 2 heterocycles. The van der Waals surface area contributed by atoms with Crippen molar-refractivity contribution in [2.75, 3.05) is 31.1 Å². The van der Waals surface area contributed by atoms with Crippen LogP contribution in [0.1, 0.15) is 45.0 Å². The SMILES string of the molecule is CC.CC(C)(C)NC(=O)c1cn(COCCS(C)(C)C)nc1-c1nc(-c2ccccc2)cs1. The van der Waals surface area contributed by atoms with Gasteiger partial charge >= 0.3 is 0 Å². The predicted molar refractivity (Wildman–Crippen MR) is 144 cm³/mol. The van der Waals surface area contributed by atoms with E-state index >= 15 is 0 Å². The Labute approximate surface area is 204 Å². The van der Waals surface area contributed by atoms with Gasteiger partial charge in [0.2, 0.25) is 0 Å². The molecule has 0 radical (unpaired) electrons. The largest absolute Gasteiger partial charge is 0.358 e. The van der Waals surface area contributed by atoms with Crippen molar-refractivity contribution in [1.29, 1.82) is 0 Å². The highest BCUT2D eigenvalue weighted by Crippen LogP contribution is 2.33. The van der Waals surface area contributed by atoms with Crippen molar-refractivity contribution >= 4 is 27.3 Å². The van der Waals surface area contributed by atoms with Crippen LogP contribution in [0.25, 0.3) is 22.0 Å². The van der Waals surface area contributed by atoms with Crippen molar-refractivity contribution in [2.45, 2.75) is 46.9 Å². The van der Waals surface area contributed by atoms with Crippen LogP contribution in [0, 0.1) is 0 Å². The molecule has 1 aromatic carbocycles. The smallest absolute Gasteiger partial charge is 0.255 e. The maximum atomic E-state index is 13.0. The molecule has 0 unspecified atom stereocenters. The van der Waals surface area contributed by atoms with E-state index in [2.05, 4.69) is 29.2 Å². The summed E-state index contributed by atoms with van der Waals surface area (Å²) in [5, 5.41) is 10.4. The highest BCUT2D eigenvalue weighted by Gasteiger charge is 2.24. The number of thiazole rings is 1. The maximum Gasteiger partial charge on any atom is 0.255 e. The molecule has 2 aromatic heterocycles. The fraction of sp³-hybridized carbons (Fsp3) is 0.480. The molecule has 0 aliphatic heterocycles. The zero-order valence-corrected chi connectivity index (χ0v) is 22.8. The molecule has 0 saturated heterocycles. The number of nitrogens with zero attached hydrogens (tertiary/aromatic N) is 3. The van der Waals surface area contributed by atoms with Gasteiger partial charge in [-0.25, -0.2) is 19.7 Å². The van der Waals surface area contributed by atoms with Crippen molar-refractivity contribution in [3.63, 3.8) is 0 Å². The number of hydrogen-bond acceptors (Lipinski definition) is 5. The van der Waals surface area contributed by atoms with E-state index in [0.717, 1.165) is 22.0 Å². The van der Waals surface area contributed by atoms with Gasteiger partial charge in [0, 0.05) is 28.4 Å². The molecular formula is C25H38N4O2S2. The Balaban J connectivity index is 0.00000187. The number of amides is 1. The first-order valence-electron chi connectivity index (χ1n) is 11.2. The minimum atomic E-state index is -0.609. The first-order valence-corrected chi connectivity index (χ1v) is 15.1. The second-order valence-corrected chi connectivity index (χ2v) is 14.8. The second-order valence-electron chi connectivity index (χ2n) is 9.37. The topological polar surface area (TPSA) is 69.0 Å². The Morgan fingerprint density at radius 1 is 1.15 bits per heavy atom. The summed E-state index contributed by atoms with van der Waals surface area (Å²) in [6, 6.07) is 10.0. The van der Waals surface area contributed by atoms with Gasteiger partial charge in [-0.2, -0.15) is 5.10 Å². The third kappa shape index (κ3) is 8.61. The number of ether oxygens (including phenoxy) is 1. The molecule has 6 nitrogen and oxygen atoms in total. The van der Waals surface area contributed by atoms with Crippen molar-refractivity contribution in [3.05, 3.63) is 47.5 Å². The molecule has 0 spiro atoms. The number of rotatable bonds is 8. The Hall–Kier alpha value is -2.16. The monoisotopic (exact) mass is 490 g/mol. The summed E-state index contributed by atoms with van der Waals surface area (Å²) in [5.41, 5.74) is 2.66. The summed E-state index contributed by atoms with van der Waals surface area (Å²) >= 11 is 1.49. The summed E-state index contributed by atoms with van der Waals surface area (Å²) in [5.74, 6) is 0.871. The van der Waals surface area contributed by atoms with E-state index in [-0.39, 0.29) is 11.4 Å². The Morgan fingerprint density at radius 3 is 2.42 bits per heavy atom. The number of nitrogens with one attached hydrogen (secondary N) is 1. The summed E-state index contributed by atoms with van der Waals surface area (Å²) in [7, 11) is -0.609. The van der Waals surface area contributed by atoms with Gasteiger partial charge in [-0.1, -0.05) is 44.2 Å². The van der Waals surface area contributed by atoms with Gasteiger partial charge in [-0.3, -0.25) is 4.79 Å². The zero-order valence-electron chi connectivity index (χ0n) is 21.1. The van der Waals surface area contributed by atoms with Gasteiger partial charge in [-0.05, 0) is 39.5 Å². The zero-order chi connectivity index (χ0) is 24.6. The number of aromatic nitrogens is 3. The standard InChI is InChI=1S/C23H32N4O2S2.C2H6/c1-23(2,3)25-21(28)18-14-27(16-29-12-13-31(4,5)6)26-20(18)22-24-19(15-30-22)17-10-8-7-9-11-17;1-2/h7-11,14-15H,12-13,16H2,1-6H3,(H,25,28);1-2H3. The molecule has 1 N–H and O–H groups in total. The summed E-state index contributed by atoms with van der Waals surface area (Å²) in [6.07, 6.45) is 8.56. The number of benzene rings is 1. The van der Waals surface area contributed by atoms with Gasteiger partial charge < -0.3 is 10.1 Å². The maximum absolute atomic E-state index is 13.0. The average Bonchev–Trinajstić information content (AvgIpc) is 3.39. The molecular weight excluding hydrogens is 452 g/mol. The van der Waals surface area contributed by atoms with Crippen LogP contribution in [0.4, 0.5) is 0 Å². The molecule has 0 bridgehead atoms. The summed E-state index contributed by atoms with van der Waals surface area (Å²) in [6.45, 7) is 10.9. The number of carbonyl (C=O) groups excluding carboxylic acids is 1. The van der Waals surface area contributed by atoms with Gasteiger partial charge in [-0.15, -0.1) is 11.3 Å². The highest BCUT2D eigenvalue weighted by molar-refractivity contribution is 8.32. The van der Waals surface area contributed by atoms with Gasteiger partial charge in [0.05, 0.1) is 17.9 Å². The minimum Gasteiger partial charge on any atom is -0.358 e. The molecule has 3 rings (SSSR count). The molecule has 0 aliphatic rings. The number of carbonyl (C=O) groups is 1.